The predicted octanol–water partition coefficient (Wildman–Crippen LogP) is 5.68. The number of nitrogens with one attached hydrogen (secondary N) is 1. The molecule has 1 aliphatic rings. The van der Waals surface area contributed by atoms with E-state index < -0.39 is 36.6 Å². The summed E-state index contributed by atoms with van der Waals surface area (Å²) >= 11 is 0. The molecule has 2 N–H and O–H groups in total. The summed E-state index contributed by atoms with van der Waals surface area (Å²) in [6.45, 7) is 1.84. The van der Waals surface area contributed by atoms with E-state index in [9.17, 15) is 5.11 Å². The van der Waals surface area contributed by atoms with Crippen LogP contribution in [0.3, 0.4) is 0 Å². The van der Waals surface area contributed by atoms with E-state index in [0.29, 0.717) is 39.4 Å². The fourth-order valence-electron chi connectivity index (χ4n) is 5.56. The zero-order valence-corrected chi connectivity index (χ0v) is 24.9. The molecule has 6 heteroatoms. The maximum atomic E-state index is 12.0. The van der Waals surface area contributed by atoms with E-state index in [4.69, 9.17) is 25.4 Å². The molecule has 0 unspecified atom stereocenters. The molecule has 4 aromatic carbocycles. The number of ether oxygens (including phenoxy) is 4. The highest BCUT2D eigenvalue weighted by Gasteiger charge is 2.53. The van der Waals surface area contributed by atoms with Crippen molar-refractivity contribution in [3.8, 4) is 12.3 Å². The molecule has 4 aromatic rings. The van der Waals surface area contributed by atoms with Gasteiger partial charge in [-0.15, -0.1) is 12.3 Å². The Kier molecular flexibility index (Phi) is 12.1. The van der Waals surface area contributed by atoms with Gasteiger partial charge >= 0.3 is 0 Å². The first kappa shape index (κ1) is 31.6. The summed E-state index contributed by atoms with van der Waals surface area (Å²) in [6, 6.07) is 39.4. The highest BCUT2D eigenvalue weighted by Crippen LogP contribution is 2.33. The Labute approximate surface area is 261 Å². The second kappa shape index (κ2) is 16.9. The third-order valence-electron chi connectivity index (χ3n) is 7.82. The molecule has 6 atom stereocenters. The minimum absolute atomic E-state index is 0.311. The minimum Gasteiger partial charge on any atom is -0.389 e. The van der Waals surface area contributed by atoms with E-state index in [0.717, 1.165) is 22.3 Å². The van der Waals surface area contributed by atoms with Gasteiger partial charge in [-0.2, -0.15) is 0 Å². The van der Waals surface area contributed by atoms with E-state index in [1.54, 1.807) is 0 Å². The van der Waals surface area contributed by atoms with Crippen LogP contribution in [0.1, 0.15) is 28.7 Å². The normalized spacial score (nSPS) is 23.2. The van der Waals surface area contributed by atoms with Gasteiger partial charge in [0.15, 0.2) is 0 Å². The van der Waals surface area contributed by atoms with Gasteiger partial charge in [0.05, 0.1) is 32.5 Å². The molecular formula is C38H41NO5. The number of aliphatic hydroxyl groups excluding tert-OH is 1. The number of hydrogen-bond donors (Lipinski definition) is 2. The Morgan fingerprint density at radius 2 is 0.864 bits per heavy atom. The Hall–Kier alpha value is -3.80. The fourth-order valence-corrected chi connectivity index (χ4v) is 5.56. The van der Waals surface area contributed by atoms with Crippen LogP contribution < -0.4 is 5.32 Å². The maximum Gasteiger partial charge on any atom is 0.115 e. The molecule has 5 rings (SSSR count). The van der Waals surface area contributed by atoms with Crippen LogP contribution in [0.4, 0.5) is 0 Å². The number of terminal acetylenes is 1. The van der Waals surface area contributed by atoms with Gasteiger partial charge in [-0.3, -0.25) is 0 Å². The smallest absolute Gasteiger partial charge is 0.115 e. The molecule has 228 valence electrons. The summed E-state index contributed by atoms with van der Waals surface area (Å²) in [5.74, 6) is 2.69. The van der Waals surface area contributed by atoms with E-state index in [1.807, 2.05) is 121 Å². The first-order chi connectivity index (χ1) is 21.7. The molecule has 1 fully saturated rings. The second-order valence-corrected chi connectivity index (χ2v) is 11.0. The molecule has 0 aliphatic heterocycles. The molecule has 1 aliphatic carbocycles. The van der Waals surface area contributed by atoms with E-state index in [1.165, 1.54) is 0 Å². The molecule has 0 amide bonds. The molecule has 0 saturated heterocycles. The minimum atomic E-state index is -0.963. The highest BCUT2D eigenvalue weighted by atomic mass is 16.6. The van der Waals surface area contributed by atoms with Crippen LogP contribution in [0.25, 0.3) is 0 Å². The lowest BCUT2D eigenvalue weighted by molar-refractivity contribution is -0.250. The van der Waals surface area contributed by atoms with Gasteiger partial charge in [-0.25, -0.2) is 0 Å². The van der Waals surface area contributed by atoms with E-state index >= 15 is 0 Å². The van der Waals surface area contributed by atoms with Gasteiger partial charge < -0.3 is 29.4 Å². The average Bonchev–Trinajstić information content (AvgIpc) is 3.08. The van der Waals surface area contributed by atoms with Crippen molar-refractivity contribution in [1.82, 2.24) is 5.32 Å². The lowest BCUT2D eigenvalue weighted by Gasteiger charge is -2.49. The zero-order chi connectivity index (χ0) is 30.4. The molecule has 6 nitrogen and oxygen atoms in total. The summed E-state index contributed by atoms with van der Waals surface area (Å²) in [5.41, 5.74) is 4.07. The zero-order valence-electron chi connectivity index (χ0n) is 24.9. The van der Waals surface area contributed by atoms with Crippen molar-refractivity contribution >= 4 is 0 Å². The van der Waals surface area contributed by atoms with Crippen molar-refractivity contribution in [3.05, 3.63) is 144 Å². The van der Waals surface area contributed by atoms with Crippen molar-refractivity contribution in [3.63, 3.8) is 0 Å². The first-order valence-corrected chi connectivity index (χ1v) is 15.2. The molecule has 0 bridgehead atoms. The molecule has 0 heterocycles. The number of rotatable bonds is 15. The molecule has 0 radical (unpaired) electrons. The quantitative estimate of drug-likeness (QED) is 0.137. The van der Waals surface area contributed by atoms with Crippen LogP contribution in [-0.2, 0) is 45.4 Å². The third-order valence-corrected chi connectivity index (χ3v) is 7.82. The van der Waals surface area contributed by atoms with Gasteiger partial charge in [0, 0.05) is 13.0 Å². The van der Waals surface area contributed by atoms with Gasteiger partial charge in [0.2, 0.25) is 0 Å². The van der Waals surface area contributed by atoms with Gasteiger partial charge in [-0.1, -0.05) is 121 Å². The molecule has 1 saturated carbocycles. The van der Waals surface area contributed by atoms with Crippen molar-refractivity contribution in [1.29, 1.82) is 0 Å². The second-order valence-electron chi connectivity index (χ2n) is 11.0. The standard InChI is InChI=1S/C38H41NO5/c1-2-3-24-39-33-34(40)36(42-26-30-18-10-5-11-19-30)38(44-28-32-22-14-7-15-23-32)37(43-27-31-20-12-6-13-21-31)35(33)41-25-29-16-8-4-9-17-29/h1,4-23,33-40H,3,24-28H2/t33-,34-,35+,36+,37-,38-/m1/s1. The summed E-state index contributed by atoms with van der Waals surface area (Å²) in [4.78, 5) is 0. The summed E-state index contributed by atoms with van der Waals surface area (Å²) < 4.78 is 26.5. The topological polar surface area (TPSA) is 69.2 Å². The first-order valence-electron chi connectivity index (χ1n) is 15.2. The van der Waals surface area contributed by atoms with Crippen molar-refractivity contribution in [2.24, 2.45) is 0 Å². The molecular weight excluding hydrogens is 550 g/mol. The lowest BCUT2D eigenvalue weighted by atomic mass is 9.82. The fraction of sp³-hybridized carbons (Fsp3) is 0.316. The van der Waals surface area contributed by atoms with Crippen LogP contribution in [0, 0.1) is 12.3 Å². The summed E-state index contributed by atoms with van der Waals surface area (Å²) in [6.07, 6.45) is 2.65. The van der Waals surface area contributed by atoms with Crippen molar-refractivity contribution in [2.45, 2.75) is 69.4 Å². The number of hydrogen-bond acceptors (Lipinski definition) is 6. The van der Waals surface area contributed by atoms with Crippen LogP contribution in [0.15, 0.2) is 121 Å². The van der Waals surface area contributed by atoms with Crippen LogP contribution >= 0.6 is 0 Å². The van der Waals surface area contributed by atoms with Crippen molar-refractivity contribution < 1.29 is 24.1 Å². The Balaban J connectivity index is 1.48. The Morgan fingerprint density at radius 3 is 1.25 bits per heavy atom. The van der Waals surface area contributed by atoms with Crippen LogP contribution in [-0.4, -0.2) is 48.2 Å². The molecule has 0 aromatic heterocycles. The predicted molar refractivity (Wildman–Crippen MR) is 171 cm³/mol. The van der Waals surface area contributed by atoms with Crippen LogP contribution in [0.2, 0.25) is 0 Å². The Bertz CT molecular complexity index is 1400. The van der Waals surface area contributed by atoms with Gasteiger partial charge in [0.25, 0.3) is 0 Å². The SMILES string of the molecule is C#CCCN[C@@H]1[C@@H](O)[C@H](OCc2ccccc2)[C@@H](OCc2ccccc2)[C@H](OCc2ccccc2)[C@H]1OCc1ccccc1. The average molecular weight is 592 g/mol. The number of aliphatic hydroxyl groups is 1. The van der Waals surface area contributed by atoms with Gasteiger partial charge in [0.1, 0.15) is 30.5 Å². The monoisotopic (exact) mass is 591 g/mol. The summed E-state index contributed by atoms with van der Waals surface area (Å²) in [7, 11) is 0. The number of benzene rings is 4. The van der Waals surface area contributed by atoms with Crippen molar-refractivity contribution in [2.75, 3.05) is 6.54 Å². The van der Waals surface area contributed by atoms with E-state index in [2.05, 4.69) is 11.2 Å². The largest absolute Gasteiger partial charge is 0.389 e. The maximum absolute atomic E-state index is 12.0. The van der Waals surface area contributed by atoms with E-state index in [-0.39, 0.29) is 0 Å². The highest BCUT2D eigenvalue weighted by molar-refractivity contribution is 5.17. The van der Waals surface area contributed by atoms with Gasteiger partial charge in [-0.05, 0) is 22.3 Å². The summed E-state index contributed by atoms with van der Waals surface area (Å²) in [5, 5.41) is 15.5. The third kappa shape index (κ3) is 8.87. The molecule has 44 heavy (non-hydrogen) atoms. The molecule has 0 spiro atoms. The van der Waals surface area contributed by atoms with Crippen LogP contribution in [0.5, 0.6) is 0 Å². The Morgan fingerprint density at radius 1 is 0.523 bits per heavy atom. The lowest BCUT2D eigenvalue weighted by Crippen LogP contribution is -2.69.